The summed E-state index contributed by atoms with van der Waals surface area (Å²) in [7, 11) is 1.70. The van der Waals surface area contributed by atoms with Gasteiger partial charge in [0.25, 0.3) is 5.22 Å². The van der Waals surface area contributed by atoms with Crippen LogP contribution in [0, 0.1) is 0 Å². The van der Waals surface area contributed by atoms with Gasteiger partial charge in [0.05, 0.1) is 0 Å². The second-order valence-corrected chi connectivity index (χ2v) is 4.45. The number of nitrogens with two attached hydrogens (primary N) is 1. The molecule has 0 saturated heterocycles. The number of anilines is 1. The molecule has 16 heavy (non-hydrogen) atoms. The lowest BCUT2D eigenvalue weighted by Gasteiger charge is -1.95. The van der Waals surface area contributed by atoms with Crippen LogP contribution in [0.15, 0.2) is 27.8 Å². The number of hydrogen-bond donors (Lipinski definition) is 1. The monoisotopic (exact) mass is 238 g/mol. The fourth-order valence-electron chi connectivity index (χ4n) is 1.35. The highest BCUT2D eigenvalue weighted by atomic mass is 32.2. The van der Waals surface area contributed by atoms with E-state index >= 15 is 0 Å². The number of thioether (sulfide) groups is 1. The third-order valence-corrected chi connectivity index (χ3v) is 3.02. The lowest BCUT2D eigenvalue weighted by molar-refractivity contribution is 0.200. The zero-order chi connectivity index (χ0) is 11.4. The largest absolute Gasteiger partial charge is 0.431 e. The number of hydrogen-bond acceptors (Lipinski definition) is 5. The molecule has 0 bridgehead atoms. The SMILES string of the molecule is COCCCSc1nc2cc(N)ccc2o1. The van der Waals surface area contributed by atoms with Gasteiger partial charge in [-0.25, -0.2) is 4.98 Å². The minimum absolute atomic E-state index is 0.691. The van der Waals surface area contributed by atoms with E-state index < -0.39 is 0 Å². The fraction of sp³-hybridized carbons (Fsp3) is 0.364. The van der Waals surface area contributed by atoms with Gasteiger partial charge in [0, 0.05) is 25.2 Å². The van der Waals surface area contributed by atoms with Crippen molar-refractivity contribution in [2.45, 2.75) is 11.6 Å². The number of nitrogens with zero attached hydrogens (tertiary/aromatic N) is 1. The summed E-state index contributed by atoms with van der Waals surface area (Å²) in [5.41, 5.74) is 7.97. The molecule has 1 aromatic carbocycles. The van der Waals surface area contributed by atoms with E-state index in [1.807, 2.05) is 18.2 Å². The molecule has 2 aromatic rings. The molecule has 0 aliphatic rings. The summed E-state index contributed by atoms with van der Waals surface area (Å²) in [6.07, 6.45) is 0.988. The Morgan fingerprint density at radius 2 is 2.38 bits per heavy atom. The molecule has 0 spiro atoms. The Labute approximate surface area is 98.2 Å². The zero-order valence-electron chi connectivity index (χ0n) is 9.10. The minimum Gasteiger partial charge on any atom is -0.431 e. The Hall–Kier alpha value is -1.20. The van der Waals surface area contributed by atoms with Crippen LogP contribution < -0.4 is 5.73 Å². The molecule has 0 fully saturated rings. The molecule has 2 rings (SSSR count). The molecule has 0 saturated carbocycles. The number of nitrogen functional groups attached to an aromatic ring is 1. The highest BCUT2D eigenvalue weighted by Gasteiger charge is 2.05. The van der Waals surface area contributed by atoms with Crippen molar-refractivity contribution in [1.29, 1.82) is 0 Å². The third kappa shape index (κ3) is 2.68. The number of benzene rings is 1. The van der Waals surface area contributed by atoms with Crippen molar-refractivity contribution in [2.24, 2.45) is 0 Å². The van der Waals surface area contributed by atoms with Crippen molar-refractivity contribution in [2.75, 3.05) is 25.2 Å². The first-order valence-corrected chi connectivity index (χ1v) is 6.06. The predicted octanol–water partition coefficient (Wildman–Crippen LogP) is 2.54. The molecular weight excluding hydrogens is 224 g/mol. The van der Waals surface area contributed by atoms with Gasteiger partial charge in [-0.05, 0) is 24.6 Å². The molecule has 0 atom stereocenters. The fourth-order valence-corrected chi connectivity index (χ4v) is 2.10. The summed E-state index contributed by atoms with van der Waals surface area (Å²) >= 11 is 1.59. The van der Waals surface area contributed by atoms with Crippen LogP contribution in [-0.2, 0) is 4.74 Å². The Balaban J connectivity index is 2.02. The van der Waals surface area contributed by atoms with Gasteiger partial charge in [0.2, 0.25) is 0 Å². The van der Waals surface area contributed by atoms with Gasteiger partial charge in [0.15, 0.2) is 5.58 Å². The van der Waals surface area contributed by atoms with Crippen LogP contribution in [0.1, 0.15) is 6.42 Å². The van der Waals surface area contributed by atoms with Gasteiger partial charge >= 0.3 is 0 Å². The average Bonchev–Trinajstić information content (AvgIpc) is 2.66. The third-order valence-electron chi connectivity index (χ3n) is 2.11. The highest BCUT2D eigenvalue weighted by molar-refractivity contribution is 7.99. The van der Waals surface area contributed by atoms with Gasteiger partial charge < -0.3 is 14.9 Å². The quantitative estimate of drug-likeness (QED) is 0.492. The summed E-state index contributed by atoms with van der Waals surface area (Å²) in [4.78, 5) is 4.35. The maximum atomic E-state index is 5.67. The van der Waals surface area contributed by atoms with Crippen LogP contribution in [-0.4, -0.2) is 24.5 Å². The first-order chi connectivity index (χ1) is 7.79. The Kier molecular flexibility index (Phi) is 3.69. The smallest absolute Gasteiger partial charge is 0.256 e. The summed E-state index contributed by atoms with van der Waals surface area (Å²) < 4.78 is 10.5. The lowest BCUT2D eigenvalue weighted by Crippen LogP contribution is -1.89. The molecule has 0 amide bonds. The Bertz CT molecular complexity index is 470. The highest BCUT2D eigenvalue weighted by Crippen LogP contribution is 2.24. The standard InChI is InChI=1S/C11H14N2O2S/c1-14-5-2-6-16-11-13-9-7-8(12)3-4-10(9)15-11/h3-4,7H,2,5-6,12H2,1H3. The van der Waals surface area contributed by atoms with Crippen LogP contribution in [0.25, 0.3) is 11.1 Å². The molecule has 0 aliphatic carbocycles. The summed E-state index contributed by atoms with van der Waals surface area (Å²) in [5.74, 6) is 0.941. The van der Waals surface area contributed by atoms with Gasteiger partial charge in [-0.2, -0.15) is 0 Å². The van der Waals surface area contributed by atoms with Gasteiger partial charge in [-0.1, -0.05) is 11.8 Å². The van der Waals surface area contributed by atoms with Gasteiger partial charge in [-0.15, -0.1) is 0 Å². The number of methoxy groups -OCH3 is 1. The summed E-state index contributed by atoms with van der Waals surface area (Å²) in [5, 5.41) is 0.691. The topological polar surface area (TPSA) is 61.3 Å². The second kappa shape index (κ2) is 5.23. The van der Waals surface area contributed by atoms with E-state index in [0.717, 1.165) is 29.9 Å². The number of fused-ring (bicyclic) bond motifs is 1. The van der Waals surface area contributed by atoms with Crippen molar-refractivity contribution < 1.29 is 9.15 Å². The lowest BCUT2D eigenvalue weighted by atomic mass is 10.3. The number of ether oxygens (including phenoxy) is 1. The second-order valence-electron chi connectivity index (χ2n) is 3.40. The number of oxazole rings is 1. The van der Waals surface area contributed by atoms with Crippen LogP contribution in [0.2, 0.25) is 0 Å². The maximum absolute atomic E-state index is 5.67. The van der Waals surface area contributed by atoms with Crippen molar-refractivity contribution >= 4 is 28.5 Å². The molecule has 0 radical (unpaired) electrons. The Morgan fingerprint density at radius 3 is 3.19 bits per heavy atom. The predicted molar refractivity (Wildman–Crippen MR) is 65.6 cm³/mol. The van der Waals surface area contributed by atoms with Gasteiger partial charge in [0.1, 0.15) is 5.52 Å². The van der Waals surface area contributed by atoms with E-state index in [9.17, 15) is 0 Å². The normalized spacial score (nSPS) is 11.1. The first kappa shape index (κ1) is 11.3. The van der Waals surface area contributed by atoms with Crippen molar-refractivity contribution in [3.63, 3.8) is 0 Å². The van der Waals surface area contributed by atoms with E-state index in [0.29, 0.717) is 10.9 Å². The zero-order valence-corrected chi connectivity index (χ0v) is 9.92. The number of aromatic nitrogens is 1. The van der Waals surface area contributed by atoms with Crippen LogP contribution in [0.3, 0.4) is 0 Å². The molecule has 5 heteroatoms. The summed E-state index contributed by atoms with van der Waals surface area (Å²) in [6, 6.07) is 5.47. The molecule has 4 nitrogen and oxygen atoms in total. The van der Waals surface area contributed by atoms with Crippen molar-refractivity contribution in [3.05, 3.63) is 18.2 Å². The van der Waals surface area contributed by atoms with Gasteiger partial charge in [-0.3, -0.25) is 0 Å². The van der Waals surface area contributed by atoms with Crippen LogP contribution in [0.5, 0.6) is 0 Å². The molecule has 2 N–H and O–H groups in total. The molecule has 1 aromatic heterocycles. The van der Waals surface area contributed by atoms with E-state index in [2.05, 4.69) is 4.98 Å². The maximum Gasteiger partial charge on any atom is 0.256 e. The molecular formula is C11H14N2O2S. The van der Waals surface area contributed by atoms with E-state index in [1.54, 1.807) is 18.9 Å². The van der Waals surface area contributed by atoms with Crippen molar-refractivity contribution in [3.8, 4) is 0 Å². The van der Waals surface area contributed by atoms with Crippen molar-refractivity contribution in [1.82, 2.24) is 4.98 Å². The summed E-state index contributed by atoms with van der Waals surface area (Å²) in [6.45, 7) is 0.764. The number of rotatable bonds is 5. The minimum atomic E-state index is 0.691. The average molecular weight is 238 g/mol. The molecule has 1 heterocycles. The van der Waals surface area contributed by atoms with E-state index in [1.165, 1.54) is 0 Å². The van der Waals surface area contributed by atoms with Crippen LogP contribution in [0.4, 0.5) is 5.69 Å². The molecule has 0 aliphatic heterocycles. The molecule has 0 unspecified atom stereocenters. The molecule has 86 valence electrons. The van der Waals surface area contributed by atoms with E-state index in [-0.39, 0.29) is 0 Å². The Morgan fingerprint density at radius 1 is 1.50 bits per heavy atom. The van der Waals surface area contributed by atoms with E-state index in [4.69, 9.17) is 14.9 Å². The first-order valence-electron chi connectivity index (χ1n) is 5.07. The van der Waals surface area contributed by atoms with Crippen LogP contribution >= 0.6 is 11.8 Å².